The second-order valence-electron chi connectivity index (χ2n) is 9.15. The van der Waals surface area contributed by atoms with Gasteiger partial charge in [-0.3, -0.25) is 4.79 Å². The molecule has 1 atom stereocenters. The molecule has 35 heavy (non-hydrogen) atoms. The number of likely N-dealkylation sites (tertiary alicyclic amines) is 1. The van der Waals surface area contributed by atoms with E-state index < -0.39 is 16.1 Å². The van der Waals surface area contributed by atoms with Crippen LogP contribution in [0, 0.1) is 6.92 Å². The third-order valence-corrected chi connectivity index (χ3v) is 8.29. The summed E-state index contributed by atoms with van der Waals surface area (Å²) < 4.78 is 34.8. The van der Waals surface area contributed by atoms with Gasteiger partial charge in [-0.2, -0.15) is 0 Å². The van der Waals surface area contributed by atoms with Gasteiger partial charge < -0.3 is 15.0 Å². The molecule has 0 spiro atoms. The van der Waals surface area contributed by atoms with Gasteiger partial charge in [0, 0.05) is 30.4 Å². The van der Waals surface area contributed by atoms with Gasteiger partial charge in [0.15, 0.2) is 0 Å². The van der Waals surface area contributed by atoms with Crippen molar-refractivity contribution >= 4 is 27.7 Å². The second kappa shape index (κ2) is 10.8. The Hall–Kier alpha value is -2.91. The number of carbonyl (C=O) groups excluding carboxylic acids is 2. The predicted molar refractivity (Wildman–Crippen MR) is 134 cm³/mol. The number of aryl methyl sites for hydroxylation is 1. The van der Waals surface area contributed by atoms with Gasteiger partial charge in [-0.05, 0) is 87.3 Å². The largest absolute Gasteiger partial charge is 0.450 e. The maximum Gasteiger partial charge on any atom is 0.409 e. The highest BCUT2D eigenvalue weighted by Crippen LogP contribution is 2.33. The number of piperidine rings is 1. The molecule has 0 aromatic heterocycles. The van der Waals surface area contributed by atoms with Gasteiger partial charge in [0.25, 0.3) is 5.91 Å². The van der Waals surface area contributed by atoms with Gasteiger partial charge in [-0.1, -0.05) is 18.2 Å². The fourth-order valence-electron chi connectivity index (χ4n) is 4.96. The molecule has 0 bridgehead atoms. The van der Waals surface area contributed by atoms with Crippen molar-refractivity contribution in [2.45, 2.75) is 63.3 Å². The van der Waals surface area contributed by atoms with Crippen molar-refractivity contribution in [3.63, 3.8) is 0 Å². The summed E-state index contributed by atoms with van der Waals surface area (Å²) in [6, 6.07) is 10.3. The van der Waals surface area contributed by atoms with Crippen LogP contribution in [0.4, 0.5) is 10.5 Å². The maximum absolute atomic E-state index is 13.4. The molecule has 0 saturated carbocycles. The first kappa shape index (κ1) is 25.2. The van der Waals surface area contributed by atoms with Crippen molar-refractivity contribution in [2.75, 3.05) is 25.0 Å². The molecular weight excluding hydrogens is 466 g/mol. The number of nitrogens with one attached hydrogen (secondary N) is 2. The van der Waals surface area contributed by atoms with Crippen LogP contribution >= 0.6 is 0 Å². The molecule has 1 unspecified atom stereocenters. The smallest absolute Gasteiger partial charge is 0.409 e. The molecule has 1 aliphatic heterocycles. The molecular formula is C26H33N3O5S. The number of ether oxygens (including phenoxy) is 1. The van der Waals surface area contributed by atoms with Crippen LogP contribution in [0.15, 0.2) is 41.3 Å². The lowest BCUT2D eigenvalue weighted by atomic mass is 9.90. The number of amides is 2. The predicted octanol–water partition coefficient (Wildman–Crippen LogP) is 4.03. The summed E-state index contributed by atoms with van der Waals surface area (Å²) >= 11 is 0. The number of fused-ring (bicyclic) bond motifs is 1. The fraction of sp³-hybridized carbons (Fsp3) is 0.462. The van der Waals surface area contributed by atoms with E-state index in [-0.39, 0.29) is 30.0 Å². The molecule has 1 heterocycles. The summed E-state index contributed by atoms with van der Waals surface area (Å²) in [5.41, 5.74) is 3.80. The first-order valence-electron chi connectivity index (χ1n) is 12.3. The van der Waals surface area contributed by atoms with Crippen molar-refractivity contribution in [1.82, 2.24) is 9.62 Å². The number of carbonyl (C=O) groups is 2. The molecule has 2 aromatic carbocycles. The molecule has 8 nitrogen and oxygen atoms in total. The van der Waals surface area contributed by atoms with Crippen molar-refractivity contribution in [2.24, 2.45) is 0 Å². The van der Waals surface area contributed by atoms with Crippen LogP contribution in [0.3, 0.4) is 0 Å². The van der Waals surface area contributed by atoms with Gasteiger partial charge in [0.2, 0.25) is 10.0 Å². The minimum absolute atomic E-state index is 0.203. The molecule has 188 valence electrons. The lowest BCUT2D eigenvalue weighted by Gasteiger charge is -2.32. The molecule has 4 rings (SSSR count). The van der Waals surface area contributed by atoms with Gasteiger partial charge in [-0.25, -0.2) is 17.9 Å². The van der Waals surface area contributed by atoms with E-state index in [1.807, 2.05) is 25.1 Å². The summed E-state index contributed by atoms with van der Waals surface area (Å²) in [4.78, 5) is 26.8. The zero-order chi connectivity index (χ0) is 25.0. The standard InChI is InChI=1S/C26H33N3O5S/c1-3-34-26(31)29-16-8-10-19(17-29)28-35(32,33)24-15-14-23(21-12-6-7-13-22(21)24)27-25(30)20-11-5-4-9-18(20)2/h4-5,9,11,14-15,19,28H,3,6-8,10,12-13,16-17H2,1-2H3,(H,27,30). The van der Waals surface area contributed by atoms with Crippen molar-refractivity contribution in [3.05, 3.63) is 58.7 Å². The number of anilines is 1. The Kier molecular flexibility index (Phi) is 7.76. The first-order valence-corrected chi connectivity index (χ1v) is 13.7. The highest BCUT2D eigenvalue weighted by atomic mass is 32.2. The van der Waals surface area contributed by atoms with E-state index in [0.29, 0.717) is 43.5 Å². The molecule has 1 fully saturated rings. The second-order valence-corrected chi connectivity index (χ2v) is 10.8. The highest BCUT2D eigenvalue weighted by molar-refractivity contribution is 7.89. The normalized spacial score (nSPS) is 18.0. The van der Waals surface area contributed by atoms with Crippen LogP contribution in [-0.4, -0.2) is 51.1 Å². The number of hydrogen-bond donors (Lipinski definition) is 2. The fourth-order valence-corrected chi connectivity index (χ4v) is 6.51. The summed E-state index contributed by atoms with van der Waals surface area (Å²) in [5.74, 6) is -0.203. The maximum atomic E-state index is 13.4. The Morgan fingerprint density at radius 3 is 2.54 bits per heavy atom. The quantitative estimate of drug-likeness (QED) is 0.625. The minimum Gasteiger partial charge on any atom is -0.450 e. The van der Waals surface area contributed by atoms with Crippen molar-refractivity contribution in [3.8, 4) is 0 Å². The molecule has 2 aromatic rings. The van der Waals surface area contributed by atoms with Gasteiger partial charge >= 0.3 is 6.09 Å². The SMILES string of the molecule is CCOC(=O)N1CCCC(NS(=O)(=O)c2ccc(NC(=O)c3ccccc3C)c3c2CCCC3)C1. The summed E-state index contributed by atoms with van der Waals surface area (Å²) in [6.45, 7) is 4.76. The van der Waals surface area contributed by atoms with Crippen molar-refractivity contribution in [1.29, 1.82) is 0 Å². The first-order chi connectivity index (χ1) is 16.8. The minimum atomic E-state index is -3.81. The number of sulfonamides is 1. The highest BCUT2D eigenvalue weighted by Gasteiger charge is 2.31. The summed E-state index contributed by atoms with van der Waals surface area (Å²) in [5, 5.41) is 3.01. The average molecular weight is 500 g/mol. The van der Waals surface area contributed by atoms with Crippen LogP contribution < -0.4 is 10.0 Å². The van der Waals surface area contributed by atoms with E-state index >= 15 is 0 Å². The van der Waals surface area contributed by atoms with E-state index in [1.54, 1.807) is 30.0 Å². The number of rotatable bonds is 6. The molecule has 1 aliphatic carbocycles. The Labute approximate surface area is 207 Å². The van der Waals surface area contributed by atoms with Crippen LogP contribution in [0.25, 0.3) is 0 Å². The van der Waals surface area contributed by atoms with Gasteiger partial charge in [-0.15, -0.1) is 0 Å². The summed E-state index contributed by atoms with van der Waals surface area (Å²) in [7, 11) is -3.81. The Morgan fingerprint density at radius 1 is 1.06 bits per heavy atom. The molecule has 1 saturated heterocycles. The van der Waals surface area contributed by atoms with E-state index in [9.17, 15) is 18.0 Å². The van der Waals surface area contributed by atoms with E-state index in [0.717, 1.165) is 29.5 Å². The average Bonchev–Trinajstić information content (AvgIpc) is 2.84. The number of nitrogens with zero attached hydrogens (tertiary/aromatic N) is 1. The van der Waals surface area contributed by atoms with E-state index in [2.05, 4.69) is 10.0 Å². The Bertz CT molecular complexity index is 1210. The van der Waals surface area contributed by atoms with E-state index in [1.165, 1.54) is 0 Å². The lowest BCUT2D eigenvalue weighted by Crippen LogP contribution is -2.49. The van der Waals surface area contributed by atoms with Gasteiger partial charge in [0.1, 0.15) is 0 Å². The topological polar surface area (TPSA) is 105 Å². The zero-order valence-corrected chi connectivity index (χ0v) is 21.1. The molecule has 2 N–H and O–H groups in total. The third kappa shape index (κ3) is 5.67. The molecule has 9 heteroatoms. The number of benzene rings is 2. The molecule has 0 radical (unpaired) electrons. The number of hydrogen-bond acceptors (Lipinski definition) is 5. The van der Waals surface area contributed by atoms with E-state index in [4.69, 9.17) is 4.74 Å². The van der Waals surface area contributed by atoms with Gasteiger partial charge in [0.05, 0.1) is 11.5 Å². The third-order valence-electron chi connectivity index (χ3n) is 6.69. The summed E-state index contributed by atoms with van der Waals surface area (Å²) in [6.07, 6.45) is 4.12. The Morgan fingerprint density at radius 2 is 1.80 bits per heavy atom. The molecule has 2 amide bonds. The monoisotopic (exact) mass is 499 g/mol. The van der Waals surface area contributed by atoms with Crippen molar-refractivity contribution < 1.29 is 22.7 Å². The van der Waals surface area contributed by atoms with Crippen LogP contribution in [0.1, 0.15) is 59.7 Å². The zero-order valence-electron chi connectivity index (χ0n) is 20.3. The van der Waals surface area contributed by atoms with Crippen LogP contribution in [0.2, 0.25) is 0 Å². The van der Waals surface area contributed by atoms with Crippen LogP contribution in [0.5, 0.6) is 0 Å². The Balaban J connectivity index is 1.56. The molecule has 2 aliphatic rings. The van der Waals surface area contributed by atoms with Crippen LogP contribution in [-0.2, 0) is 27.6 Å². The lowest BCUT2D eigenvalue weighted by molar-refractivity contribution is 0.0948.